The summed E-state index contributed by atoms with van der Waals surface area (Å²) in [4.78, 5) is 24.6. The molecular formula is C25H23N3O4. The number of rotatable bonds is 7. The van der Waals surface area contributed by atoms with Crippen LogP contribution in [0.1, 0.15) is 28.4 Å². The van der Waals surface area contributed by atoms with Crippen molar-refractivity contribution in [1.29, 1.82) is 0 Å². The first-order chi connectivity index (χ1) is 15.6. The van der Waals surface area contributed by atoms with Gasteiger partial charge in [0.2, 0.25) is 0 Å². The standard InChI is InChI=1S/C25H23N3O4/c1-3-31-25(30)24-20-12-11-19(14-22(20)28-13-5-4-6-21(24)28)32-16-23(29)27-26-15-18-9-7-17(2)8-10-18/h4-15H,3,16H2,1-2H3,(H,27,29)/b26-15-. The van der Waals surface area contributed by atoms with Gasteiger partial charge in [0.05, 0.1) is 29.4 Å². The van der Waals surface area contributed by atoms with E-state index in [-0.39, 0.29) is 18.5 Å². The second kappa shape index (κ2) is 9.34. The van der Waals surface area contributed by atoms with E-state index in [2.05, 4.69) is 10.5 Å². The highest BCUT2D eigenvalue weighted by Gasteiger charge is 2.19. The Kier molecular flexibility index (Phi) is 6.17. The molecule has 1 N–H and O–H groups in total. The van der Waals surface area contributed by atoms with Crippen molar-refractivity contribution in [3.63, 3.8) is 0 Å². The van der Waals surface area contributed by atoms with Crippen LogP contribution < -0.4 is 10.2 Å². The number of hydrazone groups is 1. The summed E-state index contributed by atoms with van der Waals surface area (Å²) in [7, 11) is 0. The van der Waals surface area contributed by atoms with Crippen LogP contribution in [0.3, 0.4) is 0 Å². The van der Waals surface area contributed by atoms with Crippen LogP contribution in [-0.2, 0) is 9.53 Å². The molecule has 7 heteroatoms. The molecule has 0 unspecified atom stereocenters. The van der Waals surface area contributed by atoms with Gasteiger partial charge in [-0.2, -0.15) is 5.10 Å². The van der Waals surface area contributed by atoms with Gasteiger partial charge in [0.25, 0.3) is 5.91 Å². The van der Waals surface area contributed by atoms with Crippen molar-refractivity contribution in [2.45, 2.75) is 13.8 Å². The molecule has 4 aromatic rings. The highest BCUT2D eigenvalue weighted by molar-refractivity contribution is 6.12. The SMILES string of the molecule is CCOC(=O)c1c2ccc(OCC(=O)N/N=C\c3ccc(C)cc3)cc2n2ccccc12. The number of ether oxygens (including phenoxy) is 2. The summed E-state index contributed by atoms with van der Waals surface area (Å²) in [6.45, 7) is 3.89. The smallest absolute Gasteiger partial charge is 0.340 e. The number of pyridine rings is 1. The summed E-state index contributed by atoms with van der Waals surface area (Å²) < 4.78 is 12.8. The molecule has 0 aliphatic heterocycles. The molecule has 0 bridgehead atoms. The molecule has 2 heterocycles. The number of aryl methyl sites for hydroxylation is 1. The molecule has 0 spiro atoms. The van der Waals surface area contributed by atoms with E-state index < -0.39 is 0 Å². The molecule has 2 aromatic heterocycles. The predicted molar refractivity (Wildman–Crippen MR) is 123 cm³/mol. The second-order valence-electron chi connectivity index (χ2n) is 7.22. The summed E-state index contributed by atoms with van der Waals surface area (Å²) in [5.41, 5.74) is 6.55. The molecule has 162 valence electrons. The molecule has 2 aromatic carbocycles. The first-order valence-electron chi connectivity index (χ1n) is 10.3. The molecule has 0 aliphatic carbocycles. The largest absolute Gasteiger partial charge is 0.484 e. The number of hydrogen-bond acceptors (Lipinski definition) is 5. The maximum Gasteiger partial charge on any atom is 0.340 e. The van der Waals surface area contributed by atoms with Crippen molar-refractivity contribution in [1.82, 2.24) is 9.83 Å². The fourth-order valence-electron chi connectivity index (χ4n) is 3.44. The lowest BCUT2D eigenvalue weighted by atomic mass is 10.1. The number of nitrogens with one attached hydrogen (secondary N) is 1. The molecule has 0 saturated heterocycles. The molecule has 0 saturated carbocycles. The molecule has 1 amide bonds. The predicted octanol–water partition coefficient (Wildman–Crippen LogP) is 4.11. The molecule has 7 nitrogen and oxygen atoms in total. The molecule has 32 heavy (non-hydrogen) atoms. The average molecular weight is 429 g/mol. The van der Waals surface area contributed by atoms with Gasteiger partial charge in [-0.05, 0) is 43.7 Å². The average Bonchev–Trinajstić information content (AvgIpc) is 3.13. The Bertz CT molecular complexity index is 1310. The zero-order chi connectivity index (χ0) is 22.5. The van der Waals surface area contributed by atoms with Gasteiger partial charge in [0, 0.05) is 17.6 Å². The van der Waals surface area contributed by atoms with E-state index in [0.29, 0.717) is 17.9 Å². The Morgan fingerprint density at radius 3 is 2.66 bits per heavy atom. The number of benzene rings is 2. The second-order valence-corrected chi connectivity index (χ2v) is 7.22. The van der Waals surface area contributed by atoms with Gasteiger partial charge in [0.1, 0.15) is 5.75 Å². The van der Waals surface area contributed by atoms with Crippen molar-refractivity contribution in [3.05, 3.63) is 83.6 Å². The van der Waals surface area contributed by atoms with Gasteiger partial charge in [0.15, 0.2) is 6.61 Å². The molecular weight excluding hydrogens is 406 g/mol. The van der Waals surface area contributed by atoms with Crippen LogP contribution in [-0.4, -0.2) is 35.7 Å². The van der Waals surface area contributed by atoms with Gasteiger partial charge >= 0.3 is 5.97 Å². The quantitative estimate of drug-likeness (QED) is 0.272. The number of esters is 1. The monoisotopic (exact) mass is 429 g/mol. The van der Waals surface area contributed by atoms with E-state index in [1.54, 1.807) is 31.3 Å². The number of carbonyl (C=O) groups is 2. The highest BCUT2D eigenvalue weighted by Crippen LogP contribution is 2.30. The third-order valence-corrected chi connectivity index (χ3v) is 4.94. The fourth-order valence-corrected chi connectivity index (χ4v) is 3.44. The molecule has 0 atom stereocenters. The van der Waals surface area contributed by atoms with Crippen molar-refractivity contribution in [2.75, 3.05) is 13.2 Å². The minimum atomic E-state index is -0.374. The summed E-state index contributed by atoms with van der Waals surface area (Å²) >= 11 is 0. The normalized spacial score (nSPS) is 11.2. The van der Waals surface area contributed by atoms with Crippen LogP contribution in [0.4, 0.5) is 0 Å². The third-order valence-electron chi connectivity index (χ3n) is 4.94. The van der Waals surface area contributed by atoms with Crippen molar-refractivity contribution >= 4 is 34.5 Å². The maximum atomic E-state index is 12.5. The molecule has 4 rings (SSSR count). The van der Waals surface area contributed by atoms with Crippen LogP contribution >= 0.6 is 0 Å². The lowest BCUT2D eigenvalue weighted by molar-refractivity contribution is -0.123. The number of carbonyl (C=O) groups excluding carboxylic acids is 2. The van der Waals surface area contributed by atoms with Crippen molar-refractivity contribution in [3.8, 4) is 5.75 Å². The zero-order valence-electron chi connectivity index (χ0n) is 17.9. The fraction of sp³-hybridized carbons (Fsp3) is 0.160. The summed E-state index contributed by atoms with van der Waals surface area (Å²) in [6, 6.07) is 18.7. The Morgan fingerprint density at radius 2 is 1.88 bits per heavy atom. The minimum absolute atomic E-state index is 0.190. The highest BCUT2D eigenvalue weighted by atomic mass is 16.5. The maximum absolute atomic E-state index is 12.5. The van der Waals surface area contributed by atoms with E-state index in [1.165, 1.54) is 0 Å². The van der Waals surface area contributed by atoms with Crippen LogP contribution in [0.2, 0.25) is 0 Å². The van der Waals surface area contributed by atoms with Gasteiger partial charge in [-0.15, -0.1) is 0 Å². The topological polar surface area (TPSA) is 81.4 Å². The lowest BCUT2D eigenvalue weighted by Crippen LogP contribution is -2.24. The van der Waals surface area contributed by atoms with Gasteiger partial charge in [-0.1, -0.05) is 35.9 Å². The molecule has 0 fully saturated rings. The summed E-state index contributed by atoms with van der Waals surface area (Å²) in [5, 5.41) is 4.71. The third kappa shape index (κ3) is 4.46. The van der Waals surface area contributed by atoms with E-state index in [1.807, 2.05) is 60.0 Å². The van der Waals surface area contributed by atoms with Gasteiger partial charge < -0.3 is 13.9 Å². The molecule has 0 radical (unpaired) electrons. The zero-order valence-corrected chi connectivity index (χ0v) is 17.9. The van der Waals surface area contributed by atoms with E-state index in [0.717, 1.165) is 27.5 Å². The number of fused-ring (bicyclic) bond motifs is 3. The first-order valence-corrected chi connectivity index (χ1v) is 10.3. The number of hydrogen-bond donors (Lipinski definition) is 1. The van der Waals surface area contributed by atoms with Crippen LogP contribution in [0, 0.1) is 6.92 Å². The summed E-state index contributed by atoms with van der Waals surface area (Å²) in [6.07, 6.45) is 3.45. The minimum Gasteiger partial charge on any atom is -0.484 e. The number of nitrogens with zero attached hydrogens (tertiary/aromatic N) is 2. The number of amides is 1. The van der Waals surface area contributed by atoms with Gasteiger partial charge in [-0.3, -0.25) is 4.79 Å². The Morgan fingerprint density at radius 1 is 1.06 bits per heavy atom. The first kappa shape index (κ1) is 21.1. The van der Waals surface area contributed by atoms with Crippen LogP contribution in [0.15, 0.2) is 72.0 Å². The van der Waals surface area contributed by atoms with Crippen LogP contribution in [0.25, 0.3) is 16.4 Å². The van der Waals surface area contributed by atoms with Gasteiger partial charge in [-0.25, -0.2) is 10.2 Å². The van der Waals surface area contributed by atoms with Crippen molar-refractivity contribution in [2.24, 2.45) is 5.10 Å². The van der Waals surface area contributed by atoms with Crippen LogP contribution in [0.5, 0.6) is 5.75 Å². The van der Waals surface area contributed by atoms with E-state index in [4.69, 9.17) is 9.47 Å². The summed E-state index contributed by atoms with van der Waals surface area (Å²) in [5.74, 6) is -0.236. The van der Waals surface area contributed by atoms with E-state index >= 15 is 0 Å². The Labute approximate surface area is 185 Å². The number of aromatic nitrogens is 1. The van der Waals surface area contributed by atoms with Crippen molar-refractivity contribution < 1.29 is 19.1 Å². The lowest BCUT2D eigenvalue weighted by Gasteiger charge is -2.06. The Balaban J connectivity index is 1.48. The van der Waals surface area contributed by atoms with E-state index in [9.17, 15) is 9.59 Å². The molecule has 0 aliphatic rings. The Hall–Kier alpha value is -4.13.